The average Bonchev–Trinajstić information content (AvgIpc) is 3.21. The zero-order valence-corrected chi connectivity index (χ0v) is 17.4. The minimum Gasteiger partial charge on any atom is -0.496 e. The number of anilines is 1. The van der Waals surface area contributed by atoms with Crippen molar-refractivity contribution in [3.63, 3.8) is 0 Å². The maximum Gasteiger partial charge on any atom is 0.267 e. The lowest BCUT2D eigenvalue weighted by atomic mass is 9.85. The van der Waals surface area contributed by atoms with Crippen molar-refractivity contribution >= 4 is 5.82 Å². The fourth-order valence-electron chi connectivity index (χ4n) is 4.25. The summed E-state index contributed by atoms with van der Waals surface area (Å²) in [5, 5.41) is 12.0. The highest BCUT2D eigenvalue weighted by molar-refractivity contribution is 5.43. The van der Waals surface area contributed by atoms with Gasteiger partial charge in [-0.25, -0.2) is 29.6 Å². The molecule has 0 bridgehead atoms. The van der Waals surface area contributed by atoms with Crippen molar-refractivity contribution in [2.45, 2.75) is 36.9 Å². The summed E-state index contributed by atoms with van der Waals surface area (Å²) >= 11 is 0. The van der Waals surface area contributed by atoms with Crippen LogP contribution < -0.4 is 20.9 Å². The molecule has 0 radical (unpaired) electrons. The Labute approximate surface area is 179 Å². The second-order valence-electron chi connectivity index (χ2n) is 8.01. The summed E-state index contributed by atoms with van der Waals surface area (Å²) in [4.78, 5) is 9.83. The highest BCUT2D eigenvalue weighted by atomic mass is 19.3. The van der Waals surface area contributed by atoms with Crippen molar-refractivity contribution in [3.8, 4) is 11.8 Å². The molecule has 2 saturated heterocycles. The largest absolute Gasteiger partial charge is 0.496 e. The van der Waals surface area contributed by atoms with Gasteiger partial charge in [0.2, 0.25) is 0 Å². The zero-order chi connectivity index (χ0) is 22.0. The van der Waals surface area contributed by atoms with Crippen molar-refractivity contribution in [1.82, 2.24) is 25.7 Å². The van der Waals surface area contributed by atoms with Gasteiger partial charge in [-0.05, 0) is 31.6 Å². The van der Waals surface area contributed by atoms with Gasteiger partial charge in [-0.3, -0.25) is 0 Å². The Morgan fingerprint density at radius 3 is 2.81 bits per heavy atom. The van der Waals surface area contributed by atoms with Crippen LogP contribution in [0.5, 0.6) is 5.75 Å². The van der Waals surface area contributed by atoms with Gasteiger partial charge in [-0.2, -0.15) is 5.26 Å². The van der Waals surface area contributed by atoms with Crippen LogP contribution in [0.15, 0.2) is 30.6 Å². The molecule has 4 rings (SSSR count). The van der Waals surface area contributed by atoms with Crippen molar-refractivity contribution in [2.75, 3.05) is 32.6 Å². The number of alkyl halides is 2. The van der Waals surface area contributed by atoms with Crippen LogP contribution in [0.1, 0.15) is 41.6 Å². The van der Waals surface area contributed by atoms with Crippen LogP contribution in [0.25, 0.3) is 0 Å². The van der Waals surface area contributed by atoms with E-state index in [0.29, 0.717) is 36.5 Å². The lowest BCUT2D eigenvalue weighted by molar-refractivity contribution is -0.0765. The van der Waals surface area contributed by atoms with E-state index < -0.39 is 11.8 Å². The molecule has 3 unspecified atom stereocenters. The minimum absolute atomic E-state index is 0.0779. The summed E-state index contributed by atoms with van der Waals surface area (Å²) in [5.41, 5.74) is 8.12. The van der Waals surface area contributed by atoms with Gasteiger partial charge in [0, 0.05) is 12.0 Å². The summed E-state index contributed by atoms with van der Waals surface area (Å²) in [6.45, 7) is 0.408. The third-order valence-electron chi connectivity index (χ3n) is 5.82. The van der Waals surface area contributed by atoms with E-state index in [1.807, 2.05) is 12.1 Å². The highest BCUT2D eigenvalue weighted by Crippen LogP contribution is 2.42. The molecule has 3 N–H and O–H groups in total. The molecular weight excluding hydrogens is 404 g/mol. The zero-order valence-electron chi connectivity index (χ0n) is 17.4. The number of methoxy groups -OCH3 is 1. The molecule has 10 heteroatoms. The Hall–Kier alpha value is -2.87. The first kappa shape index (κ1) is 21.4. The molecule has 8 nitrogen and oxygen atoms in total. The summed E-state index contributed by atoms with van der Waals surface area (Å²) in [6.07, 6.45) is 3.86. The van der Waals surface area contributed by atoms with Crippen molar-refractivity contribution in [1.29, 1.82) is 5.26 Å². The fourth-order valence-corrected chi connectivity index (χ4v) is 4.25. The third kappa shape index (κ3) is 4.58. The molecule has 0 aliphatic carbocycles. The number of halogens is 2. The van der Waals surface area contributed by atoms with Crippen molar-refractivity contribution < 1.29 is 13.5 Å². The van der Waals surface area contributed by atoms with Gasteiger partial charge in [0.25, 0.3) is 5.92 Å². The number of rotatable bonds is 5. The van der Waals surface area contributed by atoms with Gasteiger partial charge in [0.1, 0.15) is 17.6 Å². The monoisotopic (exact) mass is 429 g/mol. The van der Waals surface area contributed by atoms with Crippen LogP contribution in [0.3, 0.4) is 0 Å². The second kappa shape index (κ2) is 8.70. The third-order valence-corrected chi connectivity index (χ3v) is 5.82. The molecule has 2 aliphatic rings. The maximum absolute atomic E-state index is 14.6. The Bertz CT molecular complexity index is 963. The quantitative estimate of drug-likeness (QED) is 0.667. The van der Waals surface area contributed by atoms with Gasteiger partial charge in [-0.15, -0.1) is 0 Å². The molecule has 0 saturated carbocycles. The van der Waals surface area contributed by atoms with Crippen molar-refractivity contribution in [3.05, 3.63) is 47.4 Å². The topological polar surface area (TPSA) is 98.1 Å². The van der Waals surface area contributed by atoms with Gasteiger partial charge >= 0.3 is 0 Å². The molecule has 0 amide bonds. The molecule has 1 aromatic carbocycles. The Morgan fingerprint density at radius 1 is 1.29 bits per heavy atom. The van der Waals surface area contributed by atoms with Gasteiger partial charge in [0.05, 0.1) is 44.2 Å². The molecule has 2 aliphatic heterocycles. The van der Waals surface area contributed by atoms with Crippen LogP contribution in [-0.4, -0.2) is 54.2 Å². The molecule has 2 fully saturated rings. The predicted molar refractivity (Wildman–Crippen MR) is 111 cm³/mol. The number of piperidine rings is 1. The number of hydrogen-bond acceptors (Lipinski definition) is 8. The van der Waals surface area contributed by atoms with Crippen LogP contribution in [-0.2, 0) is 0 Å². The van der Waals surface area contributed by atoms with Crippen LogP contribution >= 0.6 is 0 Å². The van der Waals surface area contributed by atoms with E-state index in [-0.39, 0.29) is 24.4 Å². The molecule has 3 heterocycles. The smallest absolute Gasteiger partial charge is 0.267 e. The summed E-state index contributed by atoms with van der Waals surface area (Å²) in [6, 6.07) is 7.25. The van der Waals surface area contributed by atoms with Crippen LogP contribution in [0.4, 0.5) is 14.6 Å². The lowest BCUT2D eigenvalue weighted by Gasteiger charge is -2.37. The summed E-state index contributed by atoms with van der Waals surface area (Å²) in [5.74, 6) is -2.45. The Balaban J connectivity index is 1.46. The van der Waals surface area contributed by atoms with E-state index in [1.165, 1.54) is 12.4 Å². The van der Waals surface area contributed by atoms with E-state index >= 15 is 0 Å². The maximum atomic E-state index is 14.6. The number of ether oxygens (including phenoxy) is 1. The molecule has 164 valence electrons. The van der Waals surface area contributed by atoms with E-state index in [2.05, 4.69) is 26.1 Å². The number of hydrogen-bond donors (Lipinski definition) is 3. The number of nitrogens with one attached hydrogen (secondary N) is 3. The molecule has 31 heavy (non-hydrogen) atoms. The summed E-state index contributed by atoms with van der Waals surface area (Å²) < 4.78 is 34.8. The van der Waals surface area contributed by atoms with Crippen molar-refractivity contribution in [2.24, 2.45) is 0 Å². The predicted octanol–water partition coefficient (Wildman–Crippen LogP) is 2.39. The van der Waals surface area contributed by atoms with Gasteiger partial charge < -0.3 is 15.0 Å². The number of hydrazine groups is 1. The van der Waals surface area contributed by atoms with E-state index in [0.717, 1.165) is 5.56 Å². The normalized spacial score (nSPS) is 25.7. The Morgan fingerprint density at radius 2 is 2.13 bits per heavy atom. The van der Waals surface area contributed by atoms with E-state index in [1.54, 1.807) is 31.2 Å². The van der Waals surface area contributed by atoms with Gasteiger partial charge in [0.15, 0.2) is 5.69 Å². The molecule has 3 atom stereocenters. The number of aromatic nitrogens is 2. The number of nitriles is 1. The summed E-state index contributed by atoms with van der Waals surface area (Å²) in [7, 11) is 3.28. The fraction of sp³-hybridized carbons (Fsp3) is 0.476. The molecule has 1 aromatic heterocycles. The SMILES string of the molecule is COc1cc(C2CCN(C)CC2(F)F)ccc1C1CC(Nc2cnc(C#N)cn2)NN1. The van der Waals surface area contributed by atoms with Crippen LogP contribution in [0, 0.1) is 11.3 Å². The molecule has 2 aromatic rings. The molecular formula is C21H25F2N7O. The number of likely N-dealkylation sites (tertiary alicyclic amines) is 1. The number of benzene rings is 1. The highest BCUT2D eigenvalue weighted by Gasteiger charge is 2.44. The first-order chi connectivity index (χ1) is 14.9. The molecule has 0 spiro atoms. The van der Waals surface area contributed by atoms with Gasteiger partial charge in [-0.1, -0.05) is 12.1 Å². The van der Waals surface area contributed by atoms with E-state index in [4.69, 9.17) is 10.00 Å². The standard InChI is InChI=1S/C21H25F2N7O/c1-30-6-5-16(21(22,23)12-30)13-3-4-15(18(7-13)31-2)17-8-19(29-28-17)27-20-11-25-14(9-24)10-26-20/h3-4,7,10-11,16-17,19,28-29H,5-6,8,12H2,1-2H3,(H,26,27). The van der Waals surface area contributed by atoms with E-state index in [9.17, 15) is 8.78 Å². The first-order valence-electron chi connectivity index (χ1n) is 10.1. The minimum atomic E-state index is -2.77. The average molecular weight is 429 g/mol. The number of nitrogens with zero attached hydrogens (tertiary/aromatic N) is 4. The van der Waals surface area contributed by atoms with Crippen LogP contribution in [0.2, 0.25) is 0 Å². The second-order valence-corrected chi connectivity index (χ2v) is 8.01. The lowest BCUT2D eigenvalue weighted by Crippen LogP contribution is -2.45. The Kier molecular flexibility index (Phi) is 6.00. The first-order valence-corrected chi connectivity index (χ1v) is 10.1.